The van der Waals surface area contributed by atoms with Gasteiger partial charge in [-0.05, 0) is 25.7 Å². The van der Waals surface area contributed by atoms with Crippen LogP contribution in [0.15, 0.2) is 0 Å². The first kappa shape index (κ1) is 16.7. The van der Waals surface area contributed by atoms with Crippen LogP contribution in [0.5, 0.6) is 0 Å². The van der Waals surface area contributed by atoms with Gasteiger partial charge in [0.1, 0.15) is 6.04 Å². The van der Waals surface area contributed by atoms with Crippen molar-refractivity contribution in [3.05, 3.63) is 0 Å². The number of carbonyl (C=O) groups excluding carboxylic acids is 2. The van der Waals surface area contributed by atoms with Gasteiger partial charge < -0.3 is 14.5 Å². The lowest BCUT2D eigenvalue weighted by Crippen LogP contribution is -2.52. The second kappa shape index (κ2) is 8.13. The van der Waals surface area contributed by atoms with Gasteiger partial charge in [0, 0.05) is 25.6 Å². The largest absolute Gasteiger partial charge is 0.378 e. The van der Waals surface area contributed by atoms with Crippen molar-refractivity contribution in [1.29, 1.82) is 0 Å². The molecular formula is C18H30N2O3. The zero-order valence-electron chi connectivity index (χ0n) is 14.2. The Hall–Kier alpha value is -1.10. The van der Waals surface area contributed by atoms with E-state index in [1.165, 1.54) is 19.3 Å². The molecule has 0 aromatic rings. The van der Waals surface area contributed by atoms with E-state index in [4.69, 9.17) is 4.74 Å². The molecule has 0 radical (unpaired) electrons. The lowest BCUT2D eigenvalue weighted by atomic mass is 9.90. The molecule has 3 aliphatic rings. The topological polar surface area (TPSA) is 49.9 Å². The Labute approximate surface area is 139 Å². The van der Waals surface area contributed by atoms with Gasteiger partial charge in [0.2, 0.25) is 11.8 Å². The first-order valence-corrected chi connectivity index (χ1v) is 9.44. The van der Waals surface area contributed by atoms with Crippen LogP contribution in [-0.2, 0) is 14.3 Å². The monoisotopic (exact) mass is 322 g/mol. The normalized spacial score (nSPS) is 27.6. The van der Waals surface area contributed by atoms with Gasteiger partial charge in [-0.15, -0.1) is 0 Å². The van der Waals surface area contributed by atoms with Crippen LogP contribution in [0.4, 0.5) is 0 Å². The molecule has 2 heterocycles. The Morgan fingerprint density at radius 1 is 0.739 bits per heavy atom. The van der Waals surface area contributed by atoms with Crippen LogP contribution in [0, 0.1) is 5.92 Å². The van der Waals surface area contributed by atoms with Crippen molar-refractivity contribution in [2.45, 2.75) is 63.8 Å². The number of morpholine rings is 1. The Morgan fingerprint density at radius 3 is 2.09 bits per heavy atom. The van der Waals surface area contributed by atoms with Crippen LogP contribution in [0.1, 0.15) is 57.8 Å². The van der Waals surface area contributed by atoms with Crippen molar-refractivity contribution in [1.82, 2.24) is 9.80 Å². The van der Waals surface area contributed by atoms with Crippen molar-refractivity contribution in [3.8, 4) is 0 Å². The fourth-order valence-electron chi connectivity index (χ4n) is 4.22. The lowest BCUT2D eigenvalue weighted by molar-refractivity contribution is -0.148. The summed E-state index contributed by atoms with van der Waals surface area (Å²) in [5, 5.41) is 0. The highest BCUT2D eigenvalue weighted by atomic mass is 16.5. The number of hydrogen-bond donors (Lipinski definition) is 0. The van der Waals surface area contributed by atoms with Gasteiger partial charge in [-0.2, -0.15) is 0 Å². The quantitative estimate of drug-likeness (QED) is 0.783. The number of nitrogens with zero attached hydrogens (tertiary/aromatic N) is 2. The van der Waals surface area contributed by atoms with E-state index in [0.29, 0.717) is 26.3 Å². The summed E-state index contributed by atoms with van der Waals surface area (Å²) in [4.78, 5) is 29.6. The molecule has 1 aliphatic carbocycles. The minimum absolute atomic E-state index is 0.144. The Morgan fingerprint density at radius 2 is 1.39 bits per heavy atom. The van der Waals surface area contributed by atoms with Gasteiger partial charge in [0.05, 0.1) is 13.2 Å². The standard InChI is InChI=1S/C18H30N2O3/c21-17(15-7-4-2-1-3-5-8-15)20-10-6-9-16(20)18(22)19-11-13-23-14-12-19/h15-16H,1-14H2/t16-/m0/s1. The molecule has 3 fully saturated rings. The number of hydrogen-bond acceptors (Lipinski definition) is 3. The van der Waals surface area contributed by atoms with E-state index in [0.717, 1.165) is 45.1 Å². The van der Waals surface area contributed by atoms with Gasteiger partial charge in [-0.1, -0.05) is 32.1 Å². The Balaban J connectivity index is 1.62. The van der Waals surface area contributed by atoms with Gasteiger partial charge >= 0.3 is 0 Å². The highest BCUT2D eigenvalue weighted by Crippen LogP contribution is 2.28. The molecule has 1 saturated carbocycles. The summed E-state index contributed by atoms with van der Waals surface area (Å²) in [7, 11) is 0. The van der Waals surface area contributed by atoms with Crippen LogP contribution < -0.4 is 0 Å². The minimum Gasteiger partial charge on any atom is -0.378 e. The molecule has 0 spiro atoms. The van der Waals surface area contributed by atoms with E-state index in [2.05, 4.69) is 0 Å². The molecular weight excluding hydrogens is 292 g/mol. The summed E-state index contributed by atoms with van der Waals surface area (Å²) in [5.41, 5.74) is 0. The molecule has 23 heavy (non-hydrogen) atoms. The summed E-state index contributed by atoms with van der Waals surface area (Å²) >= 11 is 0. The first-order chi connectivity index (χ1) is 11.3. The molecule has 0 aromatic carbocycles. The van der Waals surface area contributed by atoms with Crippen LogP contribution in [0.25, 0.3) is 0 Å². The molecule has 5 nitrogen and oxygen atoms in total. The molecule has 1 atom stereocenters. The summed E-state index contributed by atoms with van der Waals surface area (Å²) < 4.78 is 5.33. The van der Waals surface area contributed by atoms with Crippen molar-refractivity contribution < 1.29 is 14.3 Å². The fourth-order valence-corrected chi connectivity index (χ4v) is 4.22. The van der Waals surface area contributed by atoms with E-state index in [1.54, 1.807) is 0 Å². The number of rotatable bonds is 2. The maximum Gasteiger partial charge on any atom is 0.245 e. The zero-order valence-corrected chi connectivity index (χ0v) is 14.2. The molecule has 2 saturated heterocycles. The minimum atomic E-state index is -0.217. The third-order valence-corrected chi connectivity index (χ3v) is 5.60. The van der Waals surface area contributed by atoms with Crippen molar-refractivity contribution in [3.63, 3.8) is 0 Å². The molecule has 0 aromatic heterocycles. The molecule has 2 aliphatic heterocycles. The first-order valence-electron chi connectivity index (χ1n) is 9.44. The fraction of sp³-hybridized carbons (Fsp3) is 0.889. The summed E-state index contributed by atoms with van der Waals surface area (Å²) in [6.45, 7) is 3.34. The van der Waals surface area contributed by atoms with Crippen LogP contribution in [0.2, 0.25) is 0 Å². The van der Waals surface area contributed by atoms with Crippen LogP contribution in [-0.4, -0.2) is 60.5 Å². The highest BCUT2D eigenvalue weighted by molar-refractivity contribution is 5.89. The molecule has 5 heteroatoms. The molecule has 0 bridgehead atoms. The van der Waals surface area contributed by atoms with E-state index in [1.807, 2.05) is 9.80 Å². The van der Waals surface area contributed by atoms with Gasteiger partial charge in [-0.3, -0.25) is 9.59 Å². The Kier molecular flexibility index (Phi) is 5.92. The highest BCUT2D eigenvalue weighted by Gasteiger charge is 2.38. The maximum atomic E-state index is 13.0. The predicted molar refractivity (Wildman–Crippen MR) is 87.9 cm³/mol. The number of amides is 2. The maximum absolute atomic E-state index is 13.0. The van der Waals surface area contributed by atoms with E-state index < -0.39 is 0 Å². The molecule has 3 rings (SSSR count). The third-order valence-electron chi connectivity index (χ3n) is 5.60. The summed E-state index contributed by atoms with van der Waals surface area (Å²) in [6.07, 6.45) is 9.93. The van der Waals surface area contributed by atoms with E-state index in [-0.39, 0.29) is 23.8 Å². The Bertz CT molecular complexity index is 412. The second-order valence-electron chi connectivity index (χ2n) is 7.17. The zero-order chi connectivity index (χ0) is 16.1. The van der Waals surface area contributed by atoms with Crippen LogP contribution in [0.3, 0.4) is 0 Å². The average Bonchev–Trinajstić information content (AvgIpc) is 3.03. The summed E-state index contributed by atoms with van der Waals surface area (Å²) in [6, 6.07) is -0.217. The van der Waals surface area contributed by atoms with Crippen molar-refractivity contribution in [2.75, 3.05) is 32.8 Å². The SMILES string of the molecule is O=C([C@@H]1CCCN1C(=O)C1CCCCCCC1)N1CCOCC1. The number of likely N-dealkylation sites (tertiary alicyclic amines) is 1. The van der Waals surface area contributed by atoms with Crippen LogP contribution >= 0.6 is 0 Å². The summed E-state index contributed by atoms with van der Waals surface area (Å²) in [5.74, 6) is 0.536. The molecule has 2 amide bonds. The van der Waals surface area contributed by atoms with Crippen molar-refractivity contribution in [2.24, 2.45) is 5.92 Å². The van der Waals surface area contributed by atoms with E-state index >= 15 is 0 Å². The predicted octanol–water partition coefficient (Wildman–Crippen LogP) is 2.20. The average molecular weight is 322 g/mol. The van der Waals surface area contributed by atoms with Crippen molar-refractivity contribution >= 4 is 11.8 Å². The molecule has 0 unspecified atom stereocenters. The van der Waals surface area contributed by atoms with Gasteiger partial charge in [0.15, 0.2) is 0 Å². The lowest BCUT2D eigenvalue weighted by Gasteiger charge is -2.34. The smallest absolute Gasteiger partial charge is 0.245 e. The number of carbonyl (C=O) groups is 2. The number of ether oxygens (including phenoxy) is 1. The van der Waals surface area contributed by atoms with E-state index in [9.17, 15) is 9.59 Å². The van der Waals surface area contributed by atoms with Gasteiger partial charge in [-0.25, -0.2) is 0 Å². The molecule has 130 valence electrons. The van der Waals surface area contributed by atoms with Gasteiger partial charge in [0.25, 0.3) is 0 Å². The third kappa shape index (κ3) is 4.06. The second-order valence-corrected chi connectivity index (χ2v) is 7.17. The molecule has 0 N–H and O–H groups in total.